The smallest absolute Gasteiger partial charge is 0.253 e. The van der Waals surface area contributed by atoms with Crippen LogP contribution in [-0.2, 0) is 12.8 Å². The van der Waals surface area contributed by atoms with Crippen molar-refractivity contribution in [1.29, 1.82) is 0 Å². The molecular weight excluding hydrogens is 296 g/mol. The first kappa shape index (κ1) is 19.0. The predicted molar refractivity (Wildman–Crippen MR) is 94.7 cm³/mol. The van der Waals surface area contributed by atoms with E-state index in [2.05, 4.69) is 26.0 Å². The fourth-order valence-corrected chi connectivity index (χ4v) is 2.86. The number of fused-ring (bicyclic) bond motifs is 1. The summed E-state index contributed by atoms with van der Waals surface area (Å²) in [5, 5.41) is 0. The predicted octanol–water partition coefficient (Wildman–Crippen LogP) is 3.43. The van der Waals surface area contributed by atoms with Crippen molar-refractivity contribution in [3.05, 3.63) is 34.9 Å². The lowest BCUT2D eigenvalue weighted by Gasteiger charge is -2.22. The molecule has 1 amide bonds. The molecule has 1 unspecified atom stereocenters. The Hall–Kier alpha value is -1.06. The Bertz CT molecular complexity index is 502. The number of benzene rings is 1. The van der Waals surface area contributed by atoms with Gasteiger partial charge in [0.2, 0.25) is 0 Å². The van der Waals surface area contributed by atoms with Gasteiger partial charge in [0, 0.05) is 25.2 Å². The van der Waals surface area contributed by atoms with E-state index in [-0.39, 0.29) is 24.4 Å². The van der Waals surface area contributed by atoms with E-state index in [1.807, 2.05) is 13.1 Å². The third-order valence-corrected chi connectivity index (χ3v) is 4.60. The van der Waals surface area contributed by atoms with Gasteiger partial charge in [-0.05, 0) is 61.3 Å². The first-order valence-electron chi connectivity index (χ1n) is 8.12. The zero-order valence-electron chi connectivity index (χ0n) is 14.0. The molecule has 22 heavy (non-hydrogen) atoms. The van der Waals surface area contributed by atoms with Gasteiger partial charge in [-0.1, -0.05) is 19.9 Å². The van der Waals surface area contributed by atoms with Gasteiger partial charge in [-0.3, -0.25) is 4.79 Å². The molecule has 3 nitrogen and oxygen atoms in total. The third-order valence-electron chi connectivity index (χ3n) is 4.60. The van der Waals surface area contributed by atoms with E-state index in [9.17, 15) is 4.79 Å². The summed E-state index contributed by atoms with van der Waals surface area (Å²) in [5.41, 5.74) is 9.65. The number of rotatable bonds is 5. The number of hydrogen-bond acceptors (Lipinski definition) is 2. The number of carbonyl (C=O) groups is 1. The topological polar surface area (TPSA) is 46.3 Å². The summed E-state index contributed by atoms with van der Waals surface area (Å²) in [7, 11) is 1.87. The first-order chi connectivity index (χ1) is 9.99. The highest BCUT2D eigenvalue weighted by atomic mass is 35.5. The van der Waals surface area contributed by atoms with Crippen molar-refractivity contribution in [3.63, 3.8) is 0 Å². The van der Waals surface area contributed by atoms with Crippen molar-refractivity contribution in [2.45, 2.75) is 52.0 Å². The van der Waals surface area contributed by atoms with Crippen LogP contribution in [0, 0.1) is 5.92 Å². The Morgan fingerprint density at radius 1 is 1.23 bits per heavy atom. The van der Waals surface area contributed by atoms with E-state index in [0.717, 1.165) is 31.4 Å². The largest absolute Gasteiger partial charge is 0.342 e. The van der Waals surface area contributed by atoms with E-state index in [4.69, 9.17) is 5.73 Å². The molecule has 1 aliphatic rings. The van der Waals surface area contributed by atoms with E-state index in [1.165, 1.54) is 24.0 Å². The highest BCUT2D eigenvalue weighted by Gasteiger charge is 2.17. The minimum Gasteiger partial charge on any atom is -0.342 e. The van der Waals surface area contributed by atoms with E-state index < -0.39 is 0 Å². The van der Waals surface area contributed by atoms with E-state index in [0.29, 0.717) is 5.92 Å². The van der Waals surface area contributed by atoms with Gasteiger partial charge in [0.1, 0.15) is 0 Å². The molecule has 4 heteroatoms. The Morgan fingerprint density at radius 3 is 2.50 bits per heavy atom. The van der Waals surface area contributed by atoms with Gasteiger partial charge >= 0.3 is 0 Å². The fraction of sp³-hybridized carbons (Fsp3) is 0.611. The third kappa shape index (κ3) is 4.72. The normalized spacial score (nSPS) is 15.0. The summed E-state index contributed by atoms with van der Waals surface area (Å²) in [5.74, 6) is 0.566. The van der Waals surface area contributed by atoms with Gasteiger partial charge in [-0.25, -0.2) is 0 Å². The molecule has 1 aromatic carbocycles. The Labute approximate surface area is 140 Å². The monoisotopic (exact) mass is 324 g/mol. The van der Waals surface area contributed by atoms with Crippen LogP contribution in [0.15, 0.2) is 18.2 Å². The zero-order valence-corrected chi connectivity index (χ0v) is 14.8. The molecule has 0 spiro atoms. The average Bonchev–Trinajstić information content (AvgIpc) is 2.50. The summed E-state index contributed by atoms with van der Waals surface area (Å²) in [6, 6.07) is 6.36. The molecule has 0 heterocycles. The maximum absolute atomic E-state index is 12.5. The second-order valence-electron chi connectivity index (χ2n) is 6.61. The summed E-state index contributed by atoms with van der Waals surface area (Å²) < 4.78 is 0. The molecule has 0 aromatic heterocycles. The average molecular weight is 325 g/mol. The van der Waals surface area contributed by atoms with Crippen LogP contribution < -0.4 is 5.73 Å². The maximum atomic E-state index is 12.5. The number of nitrogens with two attached hydrogens (primary N) is 1. The number of aryl methyl sites for hydroxylation is 2. The van der Waals surface area contributed by atoms with Gasteiger partial charge < -0.3 is 10.6 Å². The second kappa shape index (κ2) is 8.54. The minimum atomic E-state index is 0. The van der Waals surface area contributed by atoms with Crippen molar-refractivity contribution >= 4 is 18.3 Å². The summed E-state index contributed by atoms with van der Waals surface area (Å²) in [6.45, 7) is 4.96. The molecule has 0 fully saturated rings. The van der Waals surface area contributed by atoms with Crippen LogP contribution in [0.25, 0.3) is 0 Å². The lowest BCUT2D eigenvalue weighted by molar-refractivity contribution is 0.0789. The molecule has 1 aliphatic carbocycles. The molecule has 0 aliphatic heterocycles. The lowest BCUT2D eigenvalue weighted by Crippen LogP contribution is -2.34. The van der Waals surface area contributed by atoms with E-state index >= 15 is 0 Å². The molecule has 0 bridgehead atoms. The number of halogens is 1. The van der Waals surface area contributed by atoms with Crippen LogP contribution in [0.4, 0.5) is 0 Å². The second-order valence-corrected chi connectivity index (χ2v) is 6.61. The first-order valence-corrected chi connectivity index (χ1v) is 8.12. The van der Waals surface area contributed by atoms with Crippen LogP contribution in [0.3, 0.4) is 0 Å². The molecule has 0 saturated heterocycles. The molecule has 0 saturated carbocycles. The molecule has 1 atom stereocenters. The van der Waals surface area contributed by atoms with Gasteiger partial charge in [0.15, 0.2) is 0 Å². The number of amides is 1. The van der Waals surface area contributed by atoms with Crippen LogP contribution in [0.1, 0.15) is 54.6 Å². The molecule has 1 aromatic rings. The quantitative estimate of drug-likeness (QED) is 0.902. The van der Waals surface area contributed by atoms with Crippen LogP contribution in [-0.4, -0.2) is 30.4 Å². The van der Waals surface area contributed by atoms with Gasteiger partial charge in [0.25, 0.3) is 5.91 Å². The molecule has 0 radical (unpaired) electrons. The zero-order chi connectivity index (χ0) is 15.4. The SMILES string of the molecule is CC(C)C(N)CCN(C)C(=O)c1ccc2c(c1)CCCC2.Cl. The van der Waals surface area contributed by atoms with Gasteiger partial charge in [-0.15, -0.1) is 12.4 Å². The Morgan fingerprint density at radius 2 is 1.86 bits per heavy atom. The molecular formula is C18H29ClN2O. The van der Waals surface area contributed by atoms with Crippen LogP contribution in [0.2, 0.25) is 0 Å². The highest BCUT2D eigenvalue weighted by molar-refractivity contribution is 5.94. The van der Waals surface area contributed by atoms with E-state index in [1.54, 1.807) is 4.90 Å². The van der Waals surface area contributed by atoms with Gasteiger partial charge in [-0.2, -0.15) is 0 Å². The maximum Gasteiger partial charge on any atom is 0.253 e. The Kier molecular flexibility index (Phi) is 7.37. The molecule has 2 rings (SSSR count). The van der Waals surface area contributed by atoms with Crippen molar-refractivity contribution in [2.24, 2.45) is 11.7 Å². The van der Waals surface area contributed by atoms with Crippen molar-refractivity contribution < 1.29 is 4.79 Å². The highest BCUT2D eigenvalue weighted by Crippen LogP contribution is 2.22. The minimum absolute atomic E-state index is 0. The van der Waals surface area contributed by atoms with Crippen LogP contribution >= 0.6 is 12.4 Å². The van der Waals surface area contributed by atoms with Gasteiger partial charge in [0.05, 0.1) is 0 Å². The number of carbonyl (C=O) groups excluding carboxylic acids is 1. The number of nitrogens with zero attached hydrogens (tertiary/aromatic N) is 1. The molecule has 2 N–H and O–H groups in total. The number of hydrogen-bond donors (Lipinski definition) is 1. The summed E-state index contributed by atoms with van der Waals surface area (Å²) in [6.07, 6.45) is 5.63. The fourth-order valence-electron chi connectivity index (χ4n) is 2.86. The van der Waals surface area contributed by atoms with Crippen molar-refractivity contribution in [1.82, 2.24) is 4.90 Å². The Balaban J connectivity index is 0.00000242. The lowest BCUT2D eigenvalue weighted by atomic mass is 9.90. The van der Waals surface area contributed by atoms with Crippen molar-refractivity contribution in [3.8, 4) is 0 Å². The molecule has 124 valence electrons. The van der Waals surface area contributed by atoms with Crippen LogP contribution in [0.5, 0.6) is 0 Å². The standard InChI is InChI=1S/C18H28N2O.ClH/c1-13(2)17(19)10-11-20(3)18(21)16-9-8-14-6-4-5-7-15(14)12-16;/h8-9,12-13,17H,4-7,10-11,19H2,1-3H3;1H. The van der Waals surface area contributed by atoms with Crippen molar-refractivity contribution in [2.75, 3.05) is 13.6 Å². The summed E-state index contributed by atoms with van der Waals surface area (Å²) >= 11 is 0. The summed E-state index contributed by atoms with van der Waals surface area (Å²) in [4.78, 5) is 14.3.